The van der Waals surface area contributed by atoms with Crippen molar-refractivity contribution in [2.45, 2.75) is 44.9 Å². The van der Waals surface area contributed by atoms with Gasteiger partial charge in [-0.15, -0.1) is 0 Å². The van der Waals surface area contributed by atoms with Gasteiger partial charge >= 0.3 is 6.18 Å². The second kappa shape index (κ2) is 9.01. The minimum Gasteiger partial charge on any atom is -0.324 e. The number of nitrogens with zero attached hydrogens (tertiary/aromatic N) is 6. The fourth-order valence-electron chi connectivity index (χ4n) is 4.30. The fourth-order valence-corrected chi connectivity index (χ4v) is 4.30. The van der Waals surface area contributed by atoms with Crippen LogP contribution in [-0.2, 0) is 24.9 Å². The Labute approximate surface area is 209 Å². The highest BCUT2D eigenvalue weighted by molar-refractivity contribution is 5.77. The van der Waals surface area contributed by atoms with E-state index in [1.807, 2.05) is 18.2 Å². The molecule has 0 fully saturated rings. The molecule has 0 saturated heterocycles. The number of rotatable bonds is 5. The Bertz CT molecular complexity index is 1600. The van der Waals surface area contributed by atoms with Gasteiger partial charge in [0.05, 0.1) is 22.9 Å². The summed E-state index contributed by atoms with van der Waals surface area (Å²) in [6.45, 7) is 3.41. The first-order valence-electron chi connectivity index (χ1n) is 11.6. The lowest BCUT2D eigenvalue weighted by Gasteiger charge is -2.18. The largest absolute Gasteiger partial charge is 0.408 e. The number of halogens is 3. The van der Waals surface area contributed by atoms with E-state index in [2.05, 4.69) is 31.7 Å². The van der Waals surface area contributed by atoms with E-state index in [0.29, 0.717) is 16.1 Å². The van der Waals surface area contributed by atoms with Crippen molar-refractivity contribution in [2.24, 2.45) is 0 Å². The molecular formula is C25H23F3N8O. The molecule has 1 aliphatic rings. The molecule has 0 atom stereocenters. The second-order valence-electron chi connectivity index (χ2n) is 9.39. The van der Waals surface area contributed by atoms with Gasteiger partial charge in [0.1, 0.15) is 11.9 Å². The van der Waals surface area contributed by atoms with Crippen LogP contribution in [0, 0.1) is 11.3 Å². The van der Waals surface area contributed by atoms with Crippen LogP contribution in [0.3, 0.4) is 0 Å². The first-order valence-corrected chi connectivity index (χ1v) is 11.6. The number of alkyl halides is 3. The average molecular weight is 509 g/mol. The molecule has 1 aromatic carbocycles. The highest BCUT2D eigenvalue weighted by Crippen LogP contribution is 2.26. The number of nitriles is 1. The van der Waals surface area contributed by atoms with Gasteiger partial charge in [0.15, 0.2) is 5.65 Å². The molecule has 0 aliphatic carbocycles. The fraction of sp³-hybridized carbons (Fsp3) is 0.320. The predicted octanol–water partition coefficient (Wildman–Crippen LogP) is 3.73. The molecule has 5 rings (SSSR count). The maximum absolute atomic E-state index is 13.5. The van der Waals surface area contributed by atoms with Crippen molar-refractivity contribution in [3.8, 4) is 11.8 Å². The molecule has 9 nitrogen and oxygen atoms in total. The molecule has 0 saturated carbocycles. The molecule has 2 N–H and O–H groups in total. The number of fused-ring (bicyclic) bond motifs is 2. The molecule has 0 bridgehead atoms. The summed E-state index contributed by atoms with van der Waals surface area (Å²) in [6, 6.07) is 11.0. The topological polar surface area (TPSA) is 113 Å². The lowest BCUT2D eigenvalue weighted by molar-refractivity contribution is -0.144. The van der Waals surface area contributed by atoms with E-state index in [4.69, 9.17) is 0 Å². The number of anilines is 2. The zero-order chi connectivity index (χ0) is 26.4. The average Bonchev–Trinajstić information content (AvgIpc) is 3.13. The van der Waals surface area contributed by atoms with E-state index < -0.39 is 23.7 Å². The zero-order valence-electron chi connectivity index (χ0n) is 20.1. The van der Waals surface area contributed by atoms with Gasteiger partial charge in [0.2, 0.25) is 5.95 Å². The normalized spacial score (nSPS) is 13.8. The molecule has 4 heterocycles. The SMILES string of the molecule is CC(C)(C#N)c1cc(-n2c3nc(Nc4ccc5c(c4)CNCC5)ncc3c(=O)n2CC(F)(F)F)ccn1. The molecule has 3 aromatic heterocycles. The third-order valence-electron chi connectivity index (χ3n) is 6.26. The molecule has 190 valence electrons. The third-order valence-corrected chi connectivity index (χ3v) is 6.26. The van der Waals surface area contributed by atoms with Gasteiger partial charge < -0.3 is 10.6 Å². The Morgan fingerprint density at radius 1 is 1.16 bits per heavy atom. The van der Waals surface area contributed by atoms with Gasteiger partial charge in [0, 0.05) is 24.6 Å². The lowest BCUT2D eigenvalue weighted by Crippen LogP contribution is -2.30. The van der Waals surface area contributed by atoms with Gasteiger partial charge in [-0.1, -0.05) is 6.07 Å². The Morgan fingerprint density at radius 2 is 1.97 bits per heavy atom. The summed E-state index contributed by atoms with van der Waals surface area (Å²) in [5.74, 6) is 0.126. The van der Waals surface area contributed by atoms with E-state index in [1.165, 1.54) is 30.1 Å². The van der Waals surface area contributed by atoms with E-state index in [-0.39, 0.29) is 22.7 Å². The number of aromatic nitrogens is 5. The van der Waals surface area contributed by atoms with Crippen LogP contribution in [0.4, 0.5) is 24.8 Å². The van der Waals surface area contributed by atoms with Gasteiger partial charge in [-0.05, 0) is 62.2 Å². The van der Waals surface area contributed by atoms with Crippen LogP contribution < -0.4 is 16.2 Å². The number of nitrogens with one attached hydrogen (secondary N) is 2. The number of hydrogen-bond acceptors (Lipinski definition) is 7. The van der Waals surface area contributed by atoms with Crippen molar-refractivity contribution in [3.05, 3.63) is 69.9 Å². The van der Waals surface area contributed by atoms with Gasteiger partial charge in [-0.25, -0.2) is 14.3 Å². The summed E-state index contributed by atoms with van der Waals surface area (Å²) in [5, 5.41) is 15.8. The Balaban J connectivity index is 1.65. The number of hydrogen-bond donors (Lipinski definition) is 2. The quantitative estimate of drug-likeness (QED) is 0.422. The maximum Gasteiger partial charge on any atom is 0.408 e. The van der Waals surface area contributed by atoms with Crippen molar-refractivity contribution >= 4 is 22.7 Å². The van der Waals surface area contributed by atoms with Gasteiger partial charge in [-0.3, -0.25) is 9.78 Å². The van der Waals surface area contributed by atoms with E-state index in [9.17, 15) is 23.2 Å². The van der Waals surface area contributed by atoms with Gasteiger partial charge in [-0.2, -0.15) is 23.4 Å². The molecule has 0 spiro atoms. The number of benzene rings is 1. The first kappa shape index (κ1) is 24.5. The van der Waals surface area contributed by atoms with Crippen LogP contribution in [0.5, 0.6) is 0 Å². The smallest absolute Gasteiger partial charge is 0.324 e. The summed E-state index contributed by atoms with van der Waals surface area (Å²) in [4.78, 5) is 25.9. The minimum atomic E-state index is -4.66. The Morgan fingerprint density at radius 3 is 2.73 bits per heavy atom. The van der Waals surface area contributed by atoms with Crippen LogP contribution >= 0.6 is 0 Å². The molecule has 4 aromatic rings. The molecule has 37 heavy (non-hydrogen) atoms. The summed E-state index contributed by atoms with van der Waals surface area (Å²) in [7, 11) is 0. The standard InChI is InChI=1S/C25H23F3N8O/c1-24(2,13-29)20-10-18(6-8-31-20)36-21-19(22(37)35(36)14-25(26,27)28)12-32-23(34-21)33-17-4-3-15-5-7-30-11-16(15)9-17/h3-4,6,8-10,12,30H,5,7,11,14H2,1-2H3,(H,32,33,34). The molecular weight excluding hydrogens is 485 g/mol. The Kier molecular flexibility index (Phi) is 5.95. The van der Waals surface area contributed by atoms with Crippen LogP contribution in [0.2, 0.25) is 0 Å². The first-order chi connectivity index (χ1) is 17.6. The number of pyridine rings is 1. The van der Waals surface area contributed by atoms with Crippen LogP contribution in [-0.4, -0.2) is 37.0 Å². The van der Waals surface area contributed by atoms with Crippen molar-refractivity contribution < 1.29 is 13.2 Å². The highest BCUT2D eigenvalue weighted by atomic mass is 19.4. The molecule has 0 radical (unpaired) electrons. The van der Waals surface area contributed by atoms with Crippen LogP contribution in [0.15, 0.2) is 47.5 Å². The Hall–Kier alpha value is -4.24. The second-order valence-corrected chi connectivity index (χ2v) is 9.39. The van der Waals surface area contributed by atoms with Crippen LogP contribution in [0.1, 0.15) is 30.7 Å². The molecule has 0 unspecified atom stereocenters. The highest BCUT2D eigenvalue weighted by Gasteiger charge is 2.32. The van der Waals surface area contributed by atoms with Crippen molar-refractivity contribution in [1.29, 1.82) is 5.26 Å². The summed E-state index contributed by atoms with van der Waals surface area (Å²) >= 11 is 0. The lowest BCUT2D eigenvalue weighted by atomic mass is 9.91. The minimum absolute atomic E-state index is 0.00158. The van der Waals surface area contributed by atoms with Crippen LogP contribution in [0.25, 0.3) is 16.7 Å². The zero-order valence-corrected chi connectivity index (χ0v) is 20.1. The molecule has 1 aliphatic heterocycles. The van der Waals surface area contributed by atoms with Crippen molar-refractivity contribution in [1.82, 2.24) is 29.6 Å². The van der Waals surface area contributed by atoms with E-state index >= 15 is 0 Å². The van der Waals surface area contributed by atoms with Crippen molar-refractivity contribution in [3.63, 3.8) is 0 Å². The molecule has 0 amide bonds. The predicted molar refractivity (Wildman–Crippen MR) is 131 cm³/mol. The van der Waals surface area contributed by atoms with Crippen molar-refractivity contribution in [2.75, 3.05) is 11.9 Å². The maximum atomic E-state index is 13.5. The van der Waals surface area contributed by atoms with E-state index in [1.54, 1.807) is 13.8 Å². The summed E-state index contributed by atoms with van der Waals surface area (Å²) < 4.78 is 42.2. The van der Waals surface area contributed by atoms with Gasteiger partial charge in [0.25, 0.3) is 5.56 Å². The monoisotopic (exact) mass is 508 g/mol. The summed E-state index contributed by atoms with van der Waals surface area (Å²) in [5.41, 5.74) is 1.77. The third kappa shape index (κ3) is 4.77. The summed E-state index contributed by atoms with van der Waals surface area (Å²) in [6.07, 6.45) is -1.13. The van der Waals surface area contributed by atoms with E-state index in [0.717, 1.165) is 29.8 Å². The molecule has 12 heteroatoms.